The molecule has 0 saturated heterocycles. The first-order valence-electron chi connectivity index (χ1n) is 7.57. The molecular formula is C17H13N3O2S3. The van der Waals surface area contributed by atoms with Crippen LogP contribution in [0.15, 0.2) is 46.6 Å². The van der Waals surface area contributed by atoms with Gasteiger partial charge in [-0.3, -0.25) is 14.0 Å². The van der Waals surface area contributed by atoms with E-state index < -0.39 is 0 Å². The van der Waals surface area contributed by atoms with Crippen LogP contribution in [0.1, 0.15) is 28.2 Å². The van der Waals surface area contributed by atoms with Crippen molar-refractivity contribution in [2.24, 2.45) is 0 Å². The van der Waals surface area contributed by atoms with Gasteiger partial charge < -0.3 is 10.3 Å². The van der Waals surface area contributed by atoms with Crippen molar-refractivity contribution in [1.82, 2.24) is 14.7 Å². The Morgan fingerprint density at radius 3 is 2.80 bits per heavy atom. The predicted octanol–water partition coefficient (Wildman–Crippen LogP) is 4.12. The third-order valence-electron chi connectivity index (χ3n) is 3.99. The summed E-state index contributed by atoms with van der Waals surface area (Å²) in [6.07, 6.45) is 0. The third-order valence-corrected chi connectivity index (χ3v) is 6.26. The van der Waals surface area contributed by atoms with E-state index in [0.29, 0.717) is 19.2 Å². The first-order valence-corrected chi connectivity index (χ1v) is 9.67. The molecule has 1 atom stereocenters. The number of aromatic amines is 1. The van der Waals surface area contributed by atoms with Crippen LogP contribution in [0.5, 0.6) is 0 Å². The van der Waals surface area contributed by atoms with Crippen LogP contribution in [-0.4, -0.2) is 15.3 Å². The van der Waals surface area contributed by atoms with Crippen LogP contribution in [0, 0.1) is 3.95 Å². The van der Waals surface area contributed by atoms with Crippen LogP contribution in [0.4, 0.5) is 0 Å². The quantitative estimate of drug-likeness (QED) is 0.520. The van der Waals surface area contributed by atoms with E-state index in [1.807, 2.05) is 48.7 Å². The van der Waals surface area contributed by atoms with Gasteiger partial charge in [0.05, 0.1) is 11.6 Å². The zero-order valence-electron chi connectivity index (χ0n) is 13.1. The Kier molecular flexibility index (Phi) is 4.03. The molecule has 4 rings (SSSR count). The van der Waals surface area contributed by atoms with Gasteiger partial charge in [0, 0.05) is 0 Å². The molecule has 0 fully saturated rings. The van der Waals surface area contributed by atoms with Crippen molar-refractivity contribution in [3.8, 4) is 0 Å². The number of fused-ring (bicyclic) bond motifs is 3. The molecule has 3 aromatic heterocycles. The number of carbonyl (C=O) groups excluding carboxylic acids is 1. The lowest BCUT2D eigenvalue weighted by atomic mass is 10.1. The maximum Gasteiger partial charge on any atom is 0.269 e. The lowest BCUT2D eigenvalue weighted by Gasteiger charge is -2.13. The van der Waals surface area contributed by atoms with Gasteiger partial charge in [-0.05, 0) is 36.2 Å². The summed E-state index contributed by atoms with van der Waals surface area (Å²) in [6.45, 7) is 1.92. The van der Waals surface area contributed by atoms with Crippen LogP contribution < -0.4 is 10.9 Å². The number of H-pyrrole nitrogens is 1. The van der Waals surface area contributed by atoms with Crippen molar-refractivity contribution in [1.29, 1.82) is 0 Å². The molecule has 0 spiro atoms. The molecule has 1 aromatic carbocycles. The van der Waals surface area contributed by atoms with Crippen molar-refractivity contribution >= 4 is 56.7 Å². The Balaban J connectivity index is 1.79. The van der Waals surface area contributed by atoms with E-state index in [2.05, 4.69) is 10.3 Å². The van der Waals surface area contributed by atoms with E-state index in [-0.39, 0.29) is 17.5 Å². The second-order valence-corrected chi connectivity index (χ2v) is 8.14. The molecule has 2 N–H and O–H groups in total. The van der Waals surface area contributed by atoms with E-state index >= 15 is 0 Å². The van der Waals surface area contributed by atoms with Gasteiger partial charge in [0.2, 0.25) is 0 Å². The molecule has 0 saturated carbocycles. The van der Waals surface area contributed by atoms with Gasteiger partial charge in [0.1, 0.15) is 15.2 Å². The van der Waals surface area contributed by atoms with Gasteiger partial charge in [-0.15, -0.1) is 11.3 Å². The second-order valence-electron chi connectivity index (χ2n) is 5.58. The Labute approximate surface area is 155 Å². The standard InChI is InChI=1S/C17H13N3O2S3/c1-9(10-5-3-2-4-6-10)18-16(22)13-14-19-15(21)12-11(7-8-24-12)20(14)17(23)25-13/h2-9H,1H3,(H,18,22)(H,19,21)/t9-/m1/s1. The molecule has 0 aliphatic rings. The summed E-state index contributed by atoms with van der Waals surface area (Å²) >= 11 is 7.98. The molecule has 0 unspecified atom stereocenters. The van der Waals surface area contributed by atoms with Crippen LogP contribution in [0.2, 0.25) is 0 Å². The second kappa shape index (κ2) is 6.21. The number of benzene rings is 1. The predicted molar refractivity (Wildman–Crippen MR) is 104 cm³/mol. The number of rotatable bonds is 3. The largest absolute Gasteiger partial charge is 0.345 e. The first kappa shape index (κ1) is 16.2. The number of amides is 1. The summed E-state index contributed by atoms with van der Waals surface area (Å²) in [4.78, 5) is 28.2. The number of hydrogen-bond acceptors (Lipinski definition) is 5. The number of nitrogens with zero attached hydrogens (tertiary/aromatic N) is 1. The van der Waals surface area contributed by atoms with Gasteiger partial charge in [0.15, 0.2) is 3.95 Å². The zero-order valence-corrected chi connectivity index (χ0v) is 15.6. The molecule has 25 heavy (non-hydrogen) atoms. The molecule has 8 heteroatoms. The van der Waals surface area contributed by atoms with E-state index in [0.717, 1.165) is 11.1 Å². The number of nitrogens with one attached hydrogen (secondary N) is 2. The maximum absolute atomic E-state index is 12.8. The van der Waals surface area contributed by atoms with E-state index in [1.165, 1.54) is 22.7 Å². The van der Waals surface area contributed by atoms with Crippen LogP contribution >= 0.6 is 34.9 Å². The molecule has 0 aliphatic heterocycles. The van der Waals surface area contributed by atoms with Gasteiger partial charge >= 0.3 is 0 Å². The van der Waals surface area contributed by atoms with Gasteiger partial charge in [0.25, 0.3) is 11.5 Å². The minimum Gasteiger partial charge on any atom is -0.345 e. The Morgan fingerprint density at radius 2 is 2.04 bits per heavy atom. The summed E-state index contributed by atoms with van der Waals surface area (Å²) in [5.41, 5.74) is 1.99. The van der Waals surface area contributed by atoms with Gasteiger partial charge in [-0.25, -0.2) is 0 Å². The molecule has 4 aromatic rings. The molecule has 126 valence electrons. The van der Waals surface area contributed by atoms with Crippen molar-refractivity contribution in [3.63, 3.8) is 0 Å². The van der Waals surface area contributed by atoms with Crippen molar-refractivity contribution in [2.75, 3.05) is 0 Å². The number of aromatic nitrogens is 2. The zero-order chi connectivity index (χ0) is 17.6. The Morgan fingerprint density at radius 1 is 1.28 bits per heavy atom. The lowest BCUT2D eigenvalue weighted by Crippen LogP contribution is -2.26. The number of hydrogen-bond donors (Lipinski definition) is 2. The van der Waals surface area contributed by atoms with E-state index in [1.54, 1.807) is 4.40 Å². The summed E-state index contributed by atoms with van der Waals surface area (Å²) in [6, 6.07) is 11.4. The molecule has 0 radical (unpaired) electrons. The van der Waals surface area contributed by atoms with Crippen molar-refractivity contribution in [3.05, 3.63) is 66.5 Å². The number of carbonyl (C=O) groups is 1. The highest BCUT2D eigenvalue weighted by molar-refractivity contribution is 7.73. The lowest BCUT2D eigenvalue weighted by molar-refractivity contribution is 0.0945. The summed E-state index contributed by atoms with van der Waals surface area (Å²) in [5, 5.41) is 4.81. The normalized spacial score (nSPS) is 12.5. The number of thiophene rings is 1. The van der Waals surface area contributed by atoms with E-state index in [4.69, 9.17) is 12.2 Å². The first-order chi connectivity index (χ1) is 12.1. The fraction of sp³-hybridized carbons (Fsp3) is 0.118. The van der Waals surface area contributed by atoms with Crippen LogP contribution in [0.25, 0.3) is 15.9 Å². The van der Waals surface area contributed by atoms with Gasteiger partial charge in [-0.2, -0.15) is 0 Å². The average molecular weight is 388 g/mol. The third kappa shape index (κ3) is 2.72. The van der Waals surface area contributed by atoms with E-state index in [9.17, 15) is 9.59 Å². The highest BCUT2D eigenvalue weighted by Gasteiger charge is 2.20. The SMILES string of the molecule is C[C@@H](NC(=O)c1sc(=S)n2c1[nH]c(=O)c1sccc12)c1ccccc1. The topological polar surface area (TPSA) is 66.4 Å². The highest BCUT2D eigenvalue weighted by atomic mass is 32.1. The summed E-state index contributed by atoms with van der Waals surface area (Å²) in [7, 11) is 0. The summed E-state index contributed by atoms with van der Waals surface area (Å²) < 4.78 is 2.90. The fourth-order valence-electron chi connectivity index (χ4n) is 2.76. The fourth-order valence-corrected chi connectivity index (χ4v) is 4.82. The molecule has 0 bridgehead atoms. The summed E-state index contributed by atoms with van der Waals surface area (Å²) in [5.74, 6) is -0.250. The Hall–Kier alpha value is -2.29. The minimum atomic E-state index is -0.250. The van der Waals surface area contributed by atoms with Gasteiger partial charge in [-0.1, -0.05) is 41.7 Å². The smallest absolute Gasteiger partial charge is 0.269 e. The van der Waals surface area contributed by atoms with Crippen molar-refractivity contribution in [2.45, 2.75) is 13.0 Å². The molecule has 3 heterocycles. The van der Waals surface area contributed by atoms with Crippen LogP contribution in [-0.2, 0) is 0 Å². The number of thiazole rings is 1. The van der Waals surface area contributed by atoms with Crippen molar-refractivity contribution < 1.29 is 4.79 Å². The maximum atomic E-state index is 12.8. The van der Waals surface area contributed by atoms with Crippen LogP contribution in [0.3, 0.4) is 0 Å². The highest BCUT2D eigenvalue weighted by Crippen LogP contribution is 2.25. The minimum absolute atomic E-state index is 0.152. The average Bonchev–Trinajstić information content (AvgIpc) is 3.21. The molecule has 1 amide bonds. The molecule has 5 nitrogen and oxygen atoms in total. The monoisotopic (exact) mass is 387 g/mol. The Bertz CT molecular complexity index is 1200. The molecule has 0 aliphatic carbocycles. The molecular weight excluding hydrogens is 374 g/mol.